The molecule has 0 saturated carbocycles. The van der Waals surface area contributed by atoms with Gasteiger partial charge >= 0.3 is 11.8 Å². The molecule has 0 atom stereocenters. The molecule has 7 nitrogen and oxygen atoms in total. The van der Waals surface area contributed by atoms with Crippen molar-refractivity contribution in [2.24, 2.45) is 0 Å². The van der Waals surface area contributed by atoms with Gasteiger partial charge in [-0.05, 0) is 12.1 Å². The van der Waals surface area contributed by atoms with Gasteiger partial charge in [-0.1, -0.05) is 6.07 Å². The first kappa shape index (κ1) is 14.1. The Labute approximate surface area is 104 Å². The second-order valence-electron chi connectivity index (χ2n) is 3.28. The Morgan fingerprint density at radius 1 is 1.28 bits per heavy atom. The van der Waals surface area contributed by atoms with E-state index in [-0.39, 0.29) is 6.54 Å². The van der Waals surface area contributed by atoms with Gasteiger partial charge in [0.1, 0.15) is 5.82 Å². The number of methoxy groups -OCH3 is 2. The molecule has 0 aromatic carbocycles. The molecule has 1 rings (SSSR count). The number of rotatable bonds is 5. The molecule has 0 saturated heterocycles. The van der Waals surface area contributed by atoms with E-state index in [1.165, 1.54) is 20.4 Å². The van der Waals surface area contributed by atoms with E-state index in [4.69, 9.17) is 9.47 Å². The molecule has 0 unspecified atom stereocenters. The van der Waals surface area contributed by atoms with Crippen LogP contribution in [0.5, 0.6) is 0 Å². The Balaban J connectivity index is 2.40. The number of ether oxygens (including phenoxy) is 2. The first-order valence-electron chi connectivity index (χ1n) is 5.23. The first-order valence-corrected chi connectivity index (χ1v) is 5.23. The minimum atomic E-state index is -0.792. The lowest BCUT2D eigenvalue weighted by Crippen LogP contribution is -2.40. The molecule has 18 heavy (non-hydrogen) atoms. The van der Waals surface area contributed by atoms with Crippen molar-refractivity contribution in [3.05, 3.63) is 24.4 Å². The third kappa shape index (κ3) is 4.48. The number of amides is 2. The monoisotopic (exact) mass is 253 g/mol. The molecule has 0 fully saturated rings. The molecule has 0 radical (unpaired) electrons. The van der Waals surface area contributed by atoms with Gasteiger partial charge in [0.15, 0.2) is 6.29 Å². The average molecular weight is 253 g/mol. The highest BCUT2D eigenvalue weighted by Crippen LogP contribution is 1.99. The Morgan fingerprint density at radius 2 is 2.00 bits per heavy atom. The van der Waals surface area contributed by atoms with Gasteiger partial charge in [-0.3, -0.25) is 9.59 Å². The number of nitrogens with one attached hydrogen (secondary N) is 2. The van der Waals surface area contributed by atoms with Crippen LogP contribution < -0.4 is 10.6 Å². The van der Waals surface area contributed by atoms with E-state index in [9.17, 15) is 9.59 Å². The molecule has 1 aromatic rings. The van der Waals surface area contributed by atoms with Crippen LogP contribution in [0.15, 0.2) is 24.4 Å². The maximum atomic E-state index is 11.5. The van der Waals surface area contributed by atoms with E-state index in [1.54, 1.807) is 18.2 Å². The number of hydrogen-bond acceptors (Lipinski definition) is 5. The topological polar surface area (TPSA) is 89.5 Å². The average Bonchev–Trinajstić information content (AvgIpc) is 2.40. The summed E-state index contributed by atoms with van der Waals surface area (Å²) in [5.41, 5.74) is 0. The fourth-order valence-corrected chi connectivity index (χ4v) is 1.13. The highest BCUT2D eigenvalue weighted by molar-refractivity contribution is 6.39. The summed E-state index contributed by atoms with van der Waals surface area (Å²) in [6.45, 7) is 0.0848. The van der Waals surface area contributed by atoms with Gasteiger partial charge in [-0.25, -0.2) is 4.98 Å². The summed E-state index contributed by atoms with van der Waals surface area (Å²) < 4.78 is 9.73. The summed E-state index contributed by atoms with van der Waals surface area (Å²) in [7, 11) is 2.88. The zero-order valence-electron chi connectivity index (χ0n) is 10.2. The van der Waals surface area contributed by atoms with Crippen molar-refractivity contribution in [1.29, 1.82) is 0 Å². The van der Waals surface area contributed by atoms with Crippen molar-refractivity contribution < 1.29 is 19.1 Å². The molecule has 0 aliphatic carbocycles. The van der Waals surface area contributed by atoms with Gasteiger partial charge in [0, 0.05) is 20.4 Å². The number of carbonyl (C=O) groups is 2. The van der Waals surface area contributed by atoms with E-state index < -0.39 is 18.1 Å². The molecule has 0 aliphatic rings. The lowest BCUT2D eigenvalue weighted by Gasteiger charge is -2.13. The molecule has 0 aliphatic heterocycles. The predicted molar refractivity (Wildman–Crippen MR) is 63.7 cm³/mol. The predicted octanol–water partition coefficient (Wildman–Crippen LogP) is -0.245. The van der Waals surface area contributed by atoms with Gasteiger partial charge in [0.25, 0.3) is 0 Å². The molecule has 1 aromatic heterocycles. The van der Waals surface area contributed by atoms with Crippen LogP contribution in [0.1, 0.15) is 0 Å². The van der Waals surface area contributed by atoms with Crippen molar-refractivity contribution in [3.8, 4) is 0 Å². The van der Waals surface area contributed by atoms with Crippen LogP contribution in [-0.2, 0) is 19.1 Å². The van der Waals surface area contributed by atoms with E-state index in [2.05, 4.69) is 15.6 Å². The smallest absolute Gasteiger partial charge is 0.314 e. The van der Waals surface area contributed by atoms with Crippen LogP contribution in [0.3, 0.4) is 0 Å². The third-order valence-corrected chi connectivity index (χ3v) is 2.07. The molecule has 1 heterocycles. The Hall–Kier alpha value is -1.99. The van der Waals surface area contributed by atoms with Crippen LogP contribution in [0, 0.1) is 0 Å². The van der Waals surface area contributed by atoms with Crippen LogP contribution in [0.25, 0.3) is 0 Å². The molecule has 98 valence electrons. The minimum absolute atomic E-state index is 0.0848. The van der Waals surface area contributed by atoms with Crippen molar-refractivity contribution in [2.75, 3.05) is 26.1 Å². The number of hydrogen-bond donors (Lipinski definition) is 2. The van der Waals surface area contributed by atoms with E-state index in [0.29, 0.717) is 5.82 Å². The van der Waals surface area contributed by atoms with E-state index >= 15 is 0 Å². The Bertz CT molecular complexity index is 393. The Morgan fingerprint density at radius 3 is 2.56 bits per heavy atom. The molecular weight excluding hydrogens is 238 g/mol. The summed E-state index contributed by atoms with van der Waals surface area (Å²) >= 11 is 0. The zero-order chi connectivity index (χ0) is 13.4. The number of aromatic nitrogens is 1. The normalized spacial score (nSPS) is 10.2. The summed E-state index contributed by atoms with van der Waals surface area (Å²) in [4.78, 5) is 26.7. The second-order valence-corrected chi connectivity index (χ2v) is 3.28. The lowest BCUT2D eigenvalue weighted by atomic mass is 10.4. The second kappa shape index (κ2) is 7.36. The van der Waals surface area contributed by atoms with Gasteiger partial charge < -0.3 is 20.1 Å². The number of pyridine rings is 1. The maximum absolute atomic E-state index is 11.5. The molecule has 7 heteroatoms. The summed E-state index contributed by atoms with van der Waals surface area (Å²) in [6.07, 6.45) is 0.927. The molecule has 2 N–H and O–H groups in total. The van der Waals surface area contributed by atoms with Gasteiger partial charge in [0.05, 0.1) is 6.54 Å². The first-order chi connectivity index (χ1) is 8.67. The molecule has 0 bridgehead atoms. The molecule has 2 amide bonds. The van der Waals surface area contributed by atoms with Crippen molar-refractivity contribution >= 4 is 17.6 Å². The Kier molecular flexibility index (Phi) is 5.75. The molecular formula is C11H15N3O4. The van der Waals surface area contributed by atoms with Gasteiger partial charge in [0.2, 0.25) is 0 Å². The van der Waals surface area contributed by atoms with Crippen molar-refractivity contribution in [1.82, 2.24) is 10.3 Å². The number of nitrogens with zero attached hydrogens (tertiary/aromatic N) is 1. The number of carbonyl (C=O) groups excluding carboxylic acids is 2. The van der Waals surface area contributed by atoms with Gasteiger partial charge in [-0.2, -0.15) is 0 Å². The van der Waals surface area contributed by atoms with E-state index in [0.717, 1.165) is 0 Å². The standard InChI is InChI=1S/C11H15N3O4/c1-17-9(18-2)7-13-10(15)11(16)14-8-5-3-4-6-12-8/h3-6,9H,7H2,1-2H3,(H,13,15)(H,12,14,16). The van der Waals surface area contributed by atoms with E-state index in [1.807, 2.05) is 0 Å². The summed E-state index contributed by atoms with van der Waals surface area (Å²) in [5, 5.41) is 4.73. The summed E-state index contributed by atoms with van der Waals surface area (Å²) in [5.74, 6) is -1.26. The van der Waals surface area contributed by atoms with Crippen LogP contribution >= 0.6 is 0 Å². The number of anilines is 1. The largest absolute Gasteiger partial charge is 0.354 e. The van der Waals surface area contributed by atoms with Crippen LogP contribution in [0.2, 0.25) is 0 Å². The van der Waals surface area contributed by atoms with Crippen molar-refractivity contribution in [3.63, 3.8) is 0 Å². The fraction of sp³-hybridized carbons (Fsp3) is 0.364. The lowest BCUT2D eigenvalue weighted by molar-refractivity contribution is -0.139. The van der Waals surface area contributed by atoms with Crippen molar-refractivity contribution in [2.45, 2.75) is 6.29 Å². The zero-order valence-corrected chi connectivity index (χ0v) is 10.2. The van der Waals surface area contributed by atoms with Gasteiger partial charge in [-0.15, -0.1) is 0 Å². The quantitative estimate of drug-likeness (QED) is 0.558. The maximum Gasteiger partial charge on any atom is 0.314 e. The fourth-order valence-electron chi connectivity index (χ4n) is 1.13. The van der Waals surface area contributed by atoms with Crippen LogP contribution in [0.4, 0.5) is 5.82 Å². The third-order valence-electron chi connectivity index (χ3n) is 2.07. The SMILES string of the molecule is COC(CNC(=O)C(=O)Nc1ccccn1)OC. The summed E-state index contributed by atoms with van der Waals surface area (Å²) in [6, 6.07) is 4.99. The highest BCUT2D eigenvalue weighted by atomic mass is 16.7. The molecule has 0 spiro atoms. The van der Waals surface area contributed by atoms with Crippen LogP contribution in [-0.4, -0.2) is 43.9 Å². The highest BCUT2D eigenvalue weighted by Gasteiger charge is 2.15. The minimum Gasteiger partial charge on any atom is -0.354 e.